The molecular weight excluding hydrogens is 919 g/mol. The summed E-state index contributed by atoms with van der Waals surface area (Å²) in [6.45, 7) is 4.86. The maximum Gasteiger partial charge on any atom is 0.355 e. The number of pyridine rings is 1. The van der Waals surface area contributed by atoms with Crippen LogP contribution in [0.5, 0.6) is 5.75 Å². The fourth-order valence-electron chi connectivity index (χ4n) is 11.2. The summed E-state index contributed by atoms with van der Waals surface area (Å²) in [5.41, 5.74) is 7.58. The van der Waals surface area contributed by atoms with E-state index >= 15 is 0 Å². The number of aryl methyl sites for hydroxylation is 1. The summed E-state index contributed by atoms with van der Waals surface area (Å²) < 4.78 is 9.44. The molecule has 1 spiro atoms. The topological polar surface area (TPSA) is 201 Å². The standard InChI is InChI=1S/C54H53N9O7S/c1-31-35(36-15-17-45(57-49(36)52(68)69)63-24-20-32-7-5-9-37(40(32)29-63)50(66)59-53-56-41-10-3-4-12-44(41)71-53)8-6-11-43(31)70-34-19-21-54(28-34)22-25-62(26-23-54)30-47(65)55-33-13-14-38-42(27-33)61(2)60-48(38)39-16-18-46(64)58-51(39)67/h3-15,17,27,34,39H,16,18-26,28-30H2,1-2H3,(H,55,65)(H,68,69)(H,56,59,66)(H,58,64,67)/t34-,39?/m0/s1. The number of amides is 4. The Bertz CT molecular complexity index is 3270. The zero-order chi connectivity index (χ0) is 49.0. The molecule has 71 heavy (non-hydrogen) atoms. The summed E-state index contributed by atoms with van der Waals surface area (Å²) in [5.74, 6) is -1.32. The Labute approximate surface area is 413 Å². The van der Waals surface area contributed by atoms with Crippen molar-refractivity contribution in [3.63, 3.8) is 0 Å². The summed E-state index contributed by atoms with van der Waals surface area (Å²) in [6, 6.07) is 28.6. The Balaban J connectivity index is 0.709. The van der Waals surface area contributed by atoms with Crippen molar-refractivity contribution in [3.8, 4) is 16.9 Å². The molecule has 6 heterocycles. The average Bonchev–Trinajstić information content (AvgIpc) is 4.06. The number of hydrogen-bond donors (Lipinski definition) is 4. The predicted octanol–water partition coefficient (Wildman–Crippen LogP) is 8.24. The first kappa shape index (κ1) is 45.9. The van der Waals surface area contributed by atoms with Crippen LogP contribution in [-0.4, -0.2) is 91.6 Å². The first-order valence-corrected chi connectivity index (χ1v) is 25.0. The number of carboxylic acid groups (broad SMARTS) is 1. The molecule has 0 radical (unpaired) electrons. The smallest absolute Gasteiger partial charge is 0.355 e. The van der Waals surface area contributed by atoms with Gasteiger partial charge in [-0.3, -0.25) is 39.4 Å². The van der Waals surface area contributed by atoms with Gasteiger partial charge in [0, 0.05) is 48.8 Å². The maximum absolute atomic E-state index is 13.7. The highest BCUT2D eigenvalue weighted by Gasteiger charge is 2.43. The lowest BCUT2D eigenvalue weighted by molar-refractivity contribution is -0.134. The van der Waals surface area contributed by atoms with E-state index in [1.807, 2.05) is 103 Å². The normalized spacial score (nSPS) is 18.9. The van der Waals surface area contributed by atoms with Gasteiger partial charge >= 0.3 is 5.97 Å². The van der Waals surface area contributed by atoms with Crippen molar-refractivity contribution in [2.45, 2.75) is 76.9 Å². The molecule has 16 nitrogen and oxygen atoms in total. The Morgan fingerprint density at radius 2 is 1.72 bits per heavy atom. The van der Waals surface area contributed by atoms with Gasteiger partial charge in [-0.1, -0.05) is 47.7 Å². The number of anilines is 3. The number of piperidine rings is 2. The number of fused-ring (bicyclic) bond motifs is 3. The molecule has 4 N–H and O–H groups in total. The average molecular weight is 972 g/mol. The van der Waals surface area contributed by atoms with E-state index in [-0.39, 0.29) is 53.8 Å². The molecule has 17 heteroatoms. The number of carbonyl (C=O) groups is 5. The van der Waals surface area contributed by atoms with E-state index in [0.717, 1.165) is 94.3 Å². The minimum Gasteiger partial charge on any atom is -0.490 e. The molecule has 1 aliphatic carbocycles. The number of aromatic nitrogens is 4. The number of benzene rings is 4. The third-order valence-electron chi connectivity index (χ3n) is 15.0. The van der Waals surface area contributed by atoms with Crippen molar-refractivity contribution >= 4 is 78.7 Å². The van der Waals surface area contributed by atoms with E-state index in [0.29, 0.717) is 59.4 Å². The minimum absolute atomic E-state index is 0.00539. The lowest BCUT2D eigenvalue weighted by Gasteiger charge is -2.39. The van der Waals surface area contributed by atoms with Gasteiger partial charge in [-0.25, -0.2) is 14.8 Å². The van der Waals surface area contributed by atoms with Crippen molar-refractivity contribution in [2.24, 2.45) is 12.5 Å². The number of aromatic carboxylic acids is 1. The van der Waals surface area contributed by atoms with E-state index in [9.17, 15) is 29.1 Å². The lowest BCUT2D eigenvalue weighted by Crippen LogP contribution is -2.42. The number of thiazole rings is 1. The molecule has 2 saturated heterocycles. The fraction of sp³-hybridized carbons (Fsp3) is 0.333. The number of likely N-dealkylation sites (tertiary alicyclic amines) is 1. The Morgan fingerprint density at radius 1 is 0.887 bits per heavy atom. The van der Waals surface area contributed by atoms with E-state index in [1.54, 1.807) is 11.7 Å². The zero-order valence-corrected chi connectivity index (χ0v) is 40.3. The zero-order valence-electron chi connectivity index (χ0n) is 39.5. The second-order valence-electron chi connectivity index (χ2n) is 19.4. The van der Waals surface area contributed by atoms with E-state index < -0.39 is 11.9 Å². The van der Waals surface area contributed by atoms with Crippen LogP contribution in [0, 0.1) is 12.3 Å². The van der Waals surface area contributed by atoms with Gasteiger partial charge in [0.2, 0.25) is 17.7 Å². The minimum atomic E-state index is -1.13. The van der Waals surface area contributed by atoms with Gasteiger partial charge in [0.25, 0.3) is 5.91 Å². The molecule has 3 aromatic heterocycles. The van der Waals surface area contributed by atoms with Gasteiger partial charge in [0.1, 0.15) is 11.6 Å². The van der Waals surface area contributed by atoms with Crippen LogP contribution in [-0.2, 0) is 34.4 Å². The Hall–Kier alpha value is -7.50. The van der Waals surface area contributed by atoms with Crippen molar-refractivity contribution in [3.05, 3.63) is 125 Å². The highest BCUT2D eigenvalue weighted by molar-refractivity contribution is 7.22. The molecule has 7 aromatic rings. The van der Waals surface area contributed by atoms with Crippen LogP contribution >= 0.6 is 11.3 Å². The van der Waals surface area contributed by atoms with Crippen LogP contribution < -0.4 is 25.6 Å². The molecule has 3 aliphatic heterocycles. The van der Waals surface area contributed by atoms with E-state index in [1.165, 1.54) is 11.3 Å². The van der Waals surface area contributed by atoms with E-state index in [4.69, 9.17) is 9.72 Å². The Morgan fingerprint density at radius 3 is 2.54 bits per heavy atom. The molecule has 11 rings (SSSR count). The molecule has 4 aromatic carbocycles. The third kappa shape index (κ3) is 9.11. The quantitative estimate of drug-likeness (QED) is 0.0907. The Kier molecular flexibility index (Phi) is 12.1. The number of hydrogen-bond acceptors (Lipinski definition) is 12. The summed E-state index contributed by atoms with van der Waals surface area (Å²) in [5, 5.41) is 25.0. The van der Waals surface area contributed by atoms with Crippen molar-refractivity contribution < 1.29 is 33.8 Å². The highest BCUT2D eigenvalue weighted by atomic mass is 32.1. The SMILES string of the molecule is Cc1c(O[C@H]2CCC3(CCN(CC(=O)Nc4ccc5c(C6CCC(=O)NC6=O)nn(C)c5c4)CC3)C2)cccc1-c1ccc(N2CCc3cccc(C(=O)Nc4nc5ccccc5s4)c3C2)nc1C(=O)O. The van der Waals surface area contributed by atoms with E-state index in [2.05, 4.69) is 30.9 Å². The van der Waals surface area contributed by atoms with Gasteiger partial charge in [0.05, 0.1) is 40.0 Å². The second kappa shape index (κ2) is 18.7. The molecular formula is C54H53N9O7S. The van der Waals surface area contributed by atoms with Crippen LogP contribution in [0.25, 0.3) is 32.2 Å². The van der Waals surface area contributed by atoms with Gasteiger partial charge < -0.3 is 20.1 Å². The summed E-state index contributed by atoms with van der Waals surface area (Å²) in [6.07, 6.45) is 6.14. The van der Waals surface area contributed by atoms with Crippen LogP contribution in [0.15, 0.2) is 91.0 Å². The molecule has 1 unspecified atom stereocenters. The fourth-order valence-corrected chi connectivity index (χ4v) is 12.0. The number of ether oxygens (including phenoxy) is 1. The molecule has 1 saturated carbocycles. The molecule has 4 amide bonds. The second-order valence-corrected chi connectivity index (χ2v) is 20.4. The number of para-hydroxylation sites is 1. The molecule has 2 atom stereocenters. The highest BCUT2D eigenvalue weighted by Crippen LogP contribution is 2.48. The molecule has 3 fully saturated rings. The van der Waals surface area contributed by atoms with Crippen molar-refractivity contribution in [1.29, 1.82) is 0 Å². The van der Waals surface area contributed by atoms with Crippen LogP contribution in [0.2, 0.25) is 0 Å². The number of nitrogens with one attached hydrogen (secondary N) is 3. The largest absolute Gasteiger partial charge is 0.490 e. The first-order chi connectivity index (χ1) is 34.4. The van der Waals surface area contributed by atoms with Gasteiger partial charge in [-0.05, 0) is 147 Å². The number of nitrogens with zero attached hydrogens (tertiary/aromatic N) is 6. The van der Waals surface area contributed by atoms with Crippen LogP contribution in [0.4, 0.5) is 16.6 Å². The number of carboxylic acids is 1. The molecule has 362 valence electrons. The van der Waals surface area contributed by atoms with Crippen molar-refractivity contribution in [1.82, 2.24) is 30.0 Å². The monoisotopic (exact) mass is 971 g/mol. The van der Waals surface area contributed by atoms with Crippen LogP contribution in [0.3, 0.4) is 0 Å². The first-order valence-electron chi connectivity index (χ1n) is 24.2. The van der Waals surface area contributed by atoms with Crippen LogP contribution in [0.1, 0.15) is 94.1 Å². The van der Waals surface area contributed by atoms with Gasteiger partial charge in [0.15, 0.2) is 10.8 Å². The van der Waals surface area contributed by atoms with Gasteiger partial charge in [-0.15, -0.1) is 0 Å². The number of carbonyl (C=O) groups excluding carboxylic acids is 4. The summed E-state index contributed by atoms with van der Waals surface area (Å²) in [4.78, 5) is 77.8. The molecule has 4 aliphatic rings. The number of rotatable bonds is 11. The summed E-state index contributed by atoms with van der Waals surface area (Å²) >= 11 is 1.43. The molecule has 0 bridgehead atoms. The summed E-state index contributed by atoms with van der Waals surface area (Å²) in [7, 11) is 1.81. The maximum atomic E-state index is 13.7. The predicted molar refractivity (Wildman–Crippen MR) is 271 cm³/mol. The van der Waals surface area contributed by atoms with Crippen molar-refractivity contribution in [2.75, 3.05) is 41.7 Å². The third-order valence-corrected chi connectivity index (χ3v) is 15.9. The number of imide groups is 1. The van der Waals surface area contributed by atoms with Gasteiger partial charge in [-0.2, -0.15) is 5.10 Å². The lowest BCUT2D eigenvalue weighted by atomic mass is 9.77.